The van der Waals surface area contributed by atoms with Gasteiger partial charge < -0.3 is 10.1 Å². The minimum absolute atomic E-state index is 0.00257. The molecule has 150 valence electrons. The molecule has 6 nitrogen and oxygen atoms in total. The number of carbonyl (C=O) groups excluding carboxylic acids is 1. The van der Waals surface area contributed by atoms with Crippen molar-refractivity contribution >= 4 is 16.8 Å². The lowest BCUT2D eigenvalue weighted by molar-refractivity contribution is 0.0256. The molecule has 1 atom stereocenters. The Morgan fingerprint density at radius 3 is 3.00 bits per heavy atom. The van der Waals surface area contributed by atoms with Crippen molar-refractivity contribution in [3.05, 3.63) is 58.9 Å². The molecular weight excluding hydrogens is 373 g/mol. The lowest BCUT2D eigenvalue weighted by Crippen LogP contribution is -2.27. The molecule has 29 heavy (non-hydrogen) atoms. The SMILES string of the molecule is O=C1NOCc2c(-c3ccc([C@H]4CCCN4CCO)c(F)c3)[nH]c3cccc1c23. The summed E-state index contributed by atoms with van der Waals surface area (Å²) in [6.45, 7) is 1.71. The maximum atomic E-state index is 15.1. The highest BCUT2D eigenvalue weighted by Gasteiger charge is 2.28. The summed E-state index contributed by atoms with van der Waals surface area (Å²) >= 11 is 0. The first kappa shape index (κ1) is 18.3. The molecule has 1 saturated heterocycles. The molecular formula is C22H22FN3O3. The molecule has 3 heterocycles. The van der Waals surface area contributed by atoms with Crippen molar-refractivity contribution < 1.29 is 19.1 Å². The zero-order valence-corrected chi connectivity index (χ0v) is 15.9. The molecule has 0 spiro atoms. The van der Waals surface area contributed by atoms with Crippen LogP contribution in [0.1, 0.15) is 40.4 Å². The molecule has 1 aromatic heterocycles. The van der Waals surface area contributed by atoms with E-state index in [0.29, 0.717) is 23.2 Å². The van der Waals surface area contributed by atoms with Crippen molar-refractivity contribution in [1.29, 1.82) is 0 Å². The van der Waals surface area contributed by atoms with Crippen LogP contribution in [0.2, 0.25) is 0 Å². The van der Waals surface area contributed by atoms with Crippen LogP contribution >= 0.6 is 0 Å². The number of nitrogens with one attached hydrogen (secondary N) is 2. The van der Waals surface area contributed by atoms with E-state index in [1.54, 1.807) is 12.1 Å². The number of likely N-dealkylation sites (tertiary alicyclic amines) is 1. The largest absolute Gasteiger partial charge is 0.395 e. The van der Waals surface area contributed by atoms with E-state index in [4.69, 9.17) is 4.84 Å². The van der Waals surface area contributed by atoms with Gasteiger partial charge in [-0.2, -0.15) is 0 Å². The minimum atomic E-state index is -0.286. The molecule has 0 unspecified atom stereocenters. The number of aromatic nitrogens is 1. The fourth-order valence-electron chi connectivity index (χ4n) is 4.65. The second kappa shape index (κ2) is 7.26. The number of aliphatic hydroxyl groups is 1. The molecule has 3 aromatic rings. The Labute approximate surface area is 167 Å². The van der Waals surface area contributed by atoms with Crippen LogP contribution < -0.4 is 5.48 Å². The van der Waals surface area contributed by atoms with Crippen molar-refractivity contribution in [2.45, 2.75) is 25.5 Å². The average Bonchev–Trinajstić information content (AvgIpc) is 3.28. The highest BCUT2D eigenvalue weighted by atomic mass is 19.1. The molecule has 2 aliphatic heterocycles. The standard InChI is InChI=1S/C22H22FN3O3/c23-17-11-13(6-7-14(17)19-5-2-8-26(19)9-10-27)21-16-12-29-25-22(28)15-3-1-4-18(24-21)20(15)16/h1,3-4,6-7,11,19,24,27H,2,5,8-10,12H2,(H,25,28)/t19-/m1/s1. The van der Waals surface area contributed by atoms with Gasteiger partial charge in [-0.05, 0) is 37.6 Å². The monoisotopic (exact) mass is 395 g/mol. The van der Waals surface area contributed by atoms with Crippen molar-refractivity contribution in [2.24, 2.45) is 0 Å². The number of halogens is 1. The minimum Gasteiger partial charge on any atom is -0.395 e. The van der Waals surface area contributed by atoms with Gasteiger partial charge in [0.1, 0.15) is 12.4 Å². The molecule has 0 aliphatic carbocycles. The maximum Gasteiger partial charge on any atom is 0.275 e. The van der Waals surface area contributed by atoms with Crippen LogP contribution in [0.15, 0.2) is 36.4 Å². The van der Waals surface area contributed by atoms with E-state index >= 15 is 4.39 Å². The van der Waals surface area contributed by atoms with Gasteiger partial charge in [-0.25, -0.2) is 9.87 Å². The summed E-state index contributed by atoms with van der Waals surface area (Å²) in [7, 11) is 0. The number of β-amino-alcohol motifs (C(OH)–C–C–N with tert-alkyl or cyclic N) is 1. The first-order chi connectivity index (χ1) is 14.2. The highest BCUT2D eigenvalue weighted by molar-refractivity contribution is 6.09. The first-order valence-electron chi connectivity index (χ1n) is 9.88. The summed E-state index contributed by atoms with van der Waals surface area (Å²) in [6.07, 6.45) is 1.89. The summed E-state index contributed by atoms with van der Waals surface area (Å²) in [6, 6.07) is 10.8. The van der Waals surface area contributed by atoms with Gasteiger partial charge in [0.15, 0.2) is 0 Å². The highest BCUT2D eigenvalue weighted by Crippen LogP contribution is 2.37. The molecule has 0 radical (unpaired) electrons. The van der Waals surface area contributed by atoms with Crippen LogP contribution in [0.3, 0.4) is 0 Å². The predicted molar refractivity (Wildman–Crippen MR) is 107 cm³/mol. The molecule has 0 saturated carbocycles. The molecule has 2 aromatic carbocycles. The lowest BCUT2D eigenvalue weighted by Gasteiger charge is -2.24. The van der Waals surface area contributed by atoms with Gasteiger partial charge in [-0.15, -0.1) is 0 Å². The average molecular weight is 395 g/mol. The van der Waals surface area contributed by atoms with Crippen molar-refractivity contribution in [2.75, 3.05) is 19.7 Å². The Morgan fingerprint density at radius 1 is 1.28 bits per heavy atom. The maximum absolute atomic E-state index is 15.1. The van der Waals surface area contributed by atoms with E-state index in [1.165, 1.54) is 0 Å². The van der Waals surface area contributed by atoms with Crippen LogP contribution in [0.25, 0.3) is 22.2 Å². The topological polar surface area (TPSA) is 77.6 Å². The zero-order chi connectivity index (χ0) is 20.0. The van der Waals surface area contributed by atoms with E-state index in [2.05, 4.69) is 15.4 Å². The van der Waals surface area contributed by atoms with Crippen LogP contribution in [-0.2, 0) is 11.4 Å². The van der Waals surface area contributed by atoms with E-state index in [9.17, 15) is 9.90 Å². The number of hydrogen-bond donors (Lipinski definition) is 3. The van der Waals surface area contributed by atoms with Crippen LogP contribution in [0, 0.1) is 5.82 Å². The number of benzene rings is 2. The number of aliphatic hydroxyl groups excluding tert-OH is 1. The third-order valence-electron chi connectivity index (χ3n) is 5.95. The molecule has 0 bridgehead atoms. The molecule has 5 rings (SSSR count). The van der Waals surface area contributed by atoms with Crippen molar-refractivity contribution in [1.82, 2.24) is 15.4 Å². The Balaban J connectivity index is 1.58. The van der Waals surface area contributed by atoms with Crippen LogP contribution in [-0.4, -0.2) is 40.6 Å². The van der Waals surface area contributed by atoms with Gasteiger partial charge in [0.25, 0.3) is 5.91 Å². The number of H-pyrrole nitrogens is 1. The first-order valence-corrected chi connectivity index (χ1v) is 9.88. The van der Waals surface area contributed by atoms with Crippen molar-refractivity contribution in [3.63, 3.8) is 0 Å². The smallest absolute Gasteiger partial charge is 0.275 e. The lowest BCUT2D eigenvalue weighted by atomic mass is 9.98. The van der Waals surface area contributed by atoms with Crippen molar-refractivity contribution in [3.8, 4) is 11.3 Å². The van der Waals surface area contributed by atoms with E-state index < -0.39 is 0 Å². The third kappa shape index (κ3) is 3.02. The molecule has 1 fully saturated rings. The fraction of sp³-hybridized carbons (Fsp3) is 0.318. The van der Waals surface area contributed by atoms with Gasteiger partial charge in [0.05, 0.1) is 17.9 Å². The number of hydroxylamine groups is 1. The molecule has 7 heteroatoms. The van der Waals surface area contributed by atoms with E-state index in [-0.39, 0.29) is 31.0 Å². The number of hydrogen-bond acceptors (Lipinski definition) is 4. The van der Waals surface area contributed by atoms with Gasteiger partial charge in [0, 0.05) is 40.2 Å². The normalized spacial score (nSPS) is 19.5. The zero-order valence-electron chi connectivity index (χ0n) is 15.9. The summed E-state index contributed by atoms with van der Waals surface area (Å²) in [5.74, 6) is -0.543. The molecule has 1 amide bonds. The second-order valence-electron chi connectivity index (χ2n) is 7.58. The van der Waals surface area contributed by atoms with Crippen LogP contribution in [0.5, 0.6) is 0 Å². The number of carbonyl (C=O) groups is 1. The van der Waals surface area contributed by atoms with E-state index in [0.717, 1.165) is 41.5 Å². The number of rotatable bonds is 4. The Bertz CT molecular complexity index is 1090. The van der Waals surface area contributed by atoms with Gasteiger partial charge in [0.2, 0.25) is 0 Å². The summed E-state index contributed by atoms with van der Waals surface area (Å²) in [4.78, 5) is 23.0. The molecule has 2 aliphatic rings. The molecule has 3 N–H and O–H groups in total. The number of nitrogens with zero attached hydrogens (tertiary/aromatic N) is 1. The summed E-state index contributed by atoms with van der Waals surface area (Å²) in [5, 5.41) is 10.1. The summed E-state index contributed by atoms with van der Waals surface area (Å²) < 4.78 is 15.1. The third-order valence-corrected chi connectivity index (χ3v) is 5.95. The Kier molecular flexibility index (Phi) is 4.58. The number of aromatic amines is 1. The summed E-state index contributed by atoms with van der Waals surface area (Å²) in [5.41, 5.74) is 6.77. The number of amides is 1. The Hall–Kier alpha value is -2.74. The van der Waals surface area contributed by atoms with Crippen LogP contribution in [0.4, 0.5) is 4.39 Å². The quantitative estimate of drug-likeness (QED) is 0.634. The van der Waals surface area contributed by atoms with Gasteiger partial charge in [-0.1, -0.05) is 18.2 Å². The van der Waals surface area contributed by atoms with E-state index in [1.807, 2.05) is 24.3 Å². The van der Waals surface area contributed by atoms with Gasteiger partial charge >= 0.3 is 0 Å². The second-order valence-corrected chi connectivity index (χ2v) is 7.58. The fourth-order valence-corrected chi connectivity index (χ4v) is 4.65. The Morgan fingerprint density at radius 2 is 2.17 bits per heavy atom. The predicted octanol–water partition coefficient (Wildman–Crippen LogP) is 3.28. The van der Waals surface area contributed by atoms with Gasteiger partial charge in [-0.3, -0.25) is 14.5 Å².